The van der Waals surface area contributed by atoms with E-state index in [1.807, 2.05) is 20.0 Å². The second-order valence-corrected chi connectivity index (χ2v) is 7.95. The number of likely N-dealkylation sites (N-methyl/N-ethyl adjacent to an activating group) is 1. The summed E-state index contributed by atoms with van der Waals surface area (Å²) < 4.78 is 33.4. The Bertz CT molecular complexity index is 1150. The summed E-state index contributed by atoms with van der Waals surface area (Å²) >= 11 is 0. The first kappa shape index (κ1) is 24.2. The Morgan fingerprint density at radius 2 is 1.85 bits per heavy atom. The van der Waals surface area contributed by atoms with E-state index in [0.717, 1.165) is 17.6 Å². The second-order valence-electron chi connectivity index (χ2n) is 7.95. The molecule has 5 nitrogen and oxygen atoms in total. The average molecular weight is 452 g/mol. The predicted octanol–water partition coefficient (Wildman–Crippen LogP) is 4.44. The van der Waals surface area contributed by atoms with Crippen LogP contribution in [-0.4, -0.2) is 36.8 Å². The van der Waals surface area contributed by atoms with Gasteiger partial charge in [0.25, 0.3) is 0 Å². The van der Waals surface area contributed by atoms with Crippen LogP contribution in [0, 0.1) is 23.0 Å². The van der Waals surface area contributed by atoms with Crippen LogP contribution in [-0.2, 0) is 4.74 Å². The van der Waals surface area contributed by atoms with Crippen molar-refractivity contribution in [1.82, 2.24) is 4.90 Å². The number of ether oxygens (including phenoxy) is 1. The highest BCUT2D eigenvalue weighted by Gasteiger charge is 2.37. The molecule has 2 heterocycles. The van der Waals surface area contributed by atoms with Gasteiger partial charge in [-0.3, -0.25) is 4.90 Å². The molecular weight excluding hydrogens is 424 g/mol. The maximum absolute atomic E-state index is 13.9. The monoisotopic (exact) mass is 451 g/mol. The standard InChI is InChI=1S/C23H19F2N3O.C3H8O/c1-28-12-16(8-14-4-2-6-17(24)9-14)22-20(13-28)21(19(11-26)23(27)29-22)15-5-3-7-18(25)10-15;1-2-3-4/h2-10,21H,12-13,27H2,1H3;4H,2-3H2,1H3/b16-8+;. The Morgan fingerprint density at radius 1 is 1.18 bits per heavy atom. The van der Waals surface area contributed by atoms with Gasteiger partial charge < -0.3 is 15.6 Å². The minimum absolute atomic E-state index is 0.00945. The van der Waals surface area contributed by atoms with E-state index in [4.69, 9.17) is 15.6 Å². The highest BCUT2D eigenvalue weighted by Crippen LogP contribution is 2.43. The molecule has 1 unspecified atom stereocenters. The van der Waals surface area contributed by atoms with Crippen molar-refractivity contribution in [1.29, 1.82) is 5.26 Å². The van der Waals surface area contributed by atoms with Gasteiger partial charge in [0.1, 0.15) is 29.0 Å². The van der Waals surface area contributed by atoms with E-state index in [1.54, 1.807) is 24.3 Å². The summed E-state index contributed by atoms with van der Waals surface area (Å²) in [4.78, 5) is 2.07. The first-order valence-corrected chi connectivity index (χ1v) is 10.7. The lowest BCUT2D eigenvalue weighted by Gasteiger charge is -2.36. The lowest BCUT2D eigenvalue weighted by molar-refractivity contribution is 0.251. The molecule has 1 atom stereocenters. The molecule has 2 aliphatic rings. The molecule has 2 aliphatic heterocycles. The number of aliphatic hydroxyl groups excluding tert-OH is 1. The number of hydrogen-bond donors (Lipinski definition) is 2. The third-order valence-electron chi connectivity index (χ3n) is 5.29. The van der Waals surface area contributed by atoms with Crippen molar-refractivity contribution in [3.63, 3.8) is 0 Å². The molecule has 172 valence electrons. The molecule has 0 bridgehead atoms. The van der Waals surface area contributed by atoms with Crippen molar-refractivity contribution in [2.45, 2.75) is 19.3 Å². The van der Waals surface area contributed by atoms with Crippen LogP contribution in [0.15, 0.2) is 76.9 Å². The van der Waals surface area contributed by atoms with Crippen molar-refractivity contribution in [3.8, 4) is 6.07 Å². The maximum Gasteiger partial charge on any atom is 0.205 e. The first-order chi connectivity index (χ1) is 15.9. The van der Waals surface area contributed by atoms with Crippen molar-refractivity contribution in [2.24, 2.45) is 5.73 Å². The van der Waals surface area contributed by atoms with E-state index in [9.17, 15) is 14.0 Å². The smallest absolute Gasteiger partial charge is 0.205 e. The number of hydrogen-bond acceptors (Lipinski definition) is 5. The van der Waals surface area contributed by atoms with E-state index < -0.39 is 5.92 Å². The predicted molar refractivity (Wildman–Crippen MR) is 123 cm³/mol. The van der Waals surface area contributed by atoms with Crippen LogP contribution in [0.1, 0.15) is 30.4 Å². The van der Waals surface area contributed by atoms with Gasteiger partial charge in [-0.15, -0.1) is 0 Å². The molecule has 4 rings (SSSR count). The number of benzene rings is 2. The van der Waals surface area contributed by atoms with E-state index in [-0.39, 0.29) is 23.1 Å². The average Bonchev–Trinajstić information content (AvgIpc) is 2.79. The van der Waals surface area contributed by atoms with E-state index >= 15 is 0 Å². The van der Waals surface area contributed by atoms with Crippen molar-refractivity contribution in [3.05, 3.63) is 99.7 Å². The highest BCUT2D eigenvalue weighted by molar-refractivity contribution is 5.63. The van der Waals surface area contributed by atoms with Gasteiger partial charge in [0.15, 0.2) is 0 Å². The van der Waals surface area contributed by atoms with Gasteiger partial charge in [-0.2, -0.15) is 5.26 Å². The number of halogens is 2. The molecule has 33 heavy (non-hydrogen) atoms. The molecule has 2 aromatic rings. The van der Waals surface area contributed by atoms with Crippen LogP contribution in [0.2, 0.25) is 0 Å². The zero-order valence-electron chi connectivity index (χ0n) is 18.7. The summed E-state index contributed by atoms with van der Waals surface area (Å²) in [5, 5.41) is 17.6. The van der Waals surface area contributed by atoms with Crippen LogP contribution in [0.4, 0.5) is 8.78 Å². The molecular formula is C26H27F2N3O2. The van der Waals surface area contributed by atoms with Gasteiger partial charge in [0, 0.05) is 25.3 Å². The largest absolute Gasteiger partial charge is 0.440 e. The molecule has 7 heteroatoms. The normalized spacial score (nSPS) is 19.4. The van der Waals surface area contributed by atoms with Crippen LogP contribution in [0.25, 0.3) is 6.08 Å². The Balaban J connectivity index is 0.000000709. The quantitative estimate of drug-likeness (QED) is 0.721. The summed E-state index contributed by atoms with van der Waals surface area (Å²) in [5.74, 6) is -0.635. The van der Waals surface area contributed by atoms with Crippen molar-refractivity contribution in [2.75, 3.05) is 26.7 Å². The molecule has 0 aliphatic carbocycles. The summed E-state index contributed by atoms with van der Waals surface area (Å²) in [5.41, 5.74) is 9.33. The van der Waals surface area contributed by atoms with Crippen molar-refractivity contribution >= 4 is 6.08 Å². The molecule has 0 spiro atoms. The summed E-state index contributed by atoms with van der Waals surface area (Å²) in [7, 11) is 1.94. The third-order valence-corrected chi connectivity index (χ3v) is 5.29. The lowest BCUT2D eigenvalue weighted by Crippen LogP contribution is -2.36. The number of nitriles is 1. The SMILES string of the molecule is CCCO.CN1CC2=C(OC(N)=C(C#N)C2c2cccc(F)c2)/C(=C/c2cccc(F)c2)C1. The third kappa shape index (κ3) is 5.67. The van der Waals surface area contributed by atoms with Gasteiger partial charge in [0.2, 0.25) is 5.88 Å². The topological polar surface area (TPSA) is 82.5 Å². The van der Waals surface area contributed by atoms with Crippen LogP contribution in [0.5, 0.6) is 0 Å². The van der Waals surface area contributed by atoms with Gasteiger partial charge in [-0.1, -0.05) is 31.2 Å². The Labute approximate surface area is 192 Å². The lowest BCUT2D eigenvalue weighted by atomic mass is 9.80. The second kappa shape index (κ2) is 10.9. The zero-order chi connectivity index (χ0) is 24.0. The number of nitrogens with two attached hydrogens (primary N) is 1. The summed E-state index contributed by atoms with van der Waals surface area (Å²) in [6, 6.07) is 14.6. The molecule has 0 radical (unpaired) electrons. The van der Waals surface area contributed by atoms with Crippen LogP contribution >= 0.6 is 0 Å². The Kier molecular flexibility index (Phi) is 7.99. The van der Waals surface area contributed by atoms with E-state index in [2.05, 4.69) is 11.0 Å². The Morgan fingerprint density at radius 3 is 2.45 bits per heavy atom. The zero-order valence-corrected chi connectivity index (χ0v) is 18.7. The minimum atomic E-state index is -0.502. The minimum Gasteiger partial charge on any atom is -0.440 e. The van der Waals surface area contributed by atoms with Gasteiger partial charge in [-0.05, 0) is 60.5 Å². The molecule has 0 amide bonds. The Hall–Kier alpha value is -3.47. The number of allylic oxidation sites excluding steroid dienone is 1. The van der Waals surface area contributed by atoms with Gasteiger partial charge >= 0.3 is 0 Å². The van der Waals surface area contributed by atoms with E-state index in [1.165, 1.54) is 24.3 Å². The molecule has 0 fully saturated rings. The van der Waals surface area contributed by atoms with Crippen molar-refractivity contribution < 1.29 is 18.6 Å². The molecule has 0 saturated carbocycles. The van der Waals surface area contributed by atoms with Crippen LogP contribution in [0.3, 0.4) is 0 Å². The number of nitrogens with zero attached hydrogens (tertiary/aromatic N) is 2. The fraction of sp³-hybridized carbons (Fsp3) is 0.269. The van der Waals surface area contributed by atoms with Gasteiger partial charge in [0.05, 0.1) is 5.92 Å². The first-order valence-electron chi connectivity index (χ1n) is 10.7. The fourth-order valence-electron chi connectivity index (χ4n) is 3.90. The summed E-state index contributed by atoms with van der Waals surface area (Å²) in [6.07, 6.45) is 2.72. The fourth-order valence-corrected chi connectivity index (χ4v) is 3.90. The number of aliphatic hydroxyl groups is 1. The molecule has 3 N–H and O–H groups in total. The van der Waals surface area contributed by atoms with Crippen LogP contribution < -0.4 is 5.73 Å². The van der Waals surface area contributed by atoms with E-state index in [0.29, 0.717) is 36.6 Å². The molecule has 0 saturated heterocycles. The maximum atomic E-state index is 13.9. The number of rotatable bonds is 3. The highest BCUT2D eigenvalue weighted by atomic mass is 19.1. The summed E-state index contributed by atoms with van der Waals surface area (Å²) in [6.45, 7) is 3.36. The molecule has 0 aromatic heterocycles. The van der Waals surface area contributed by atoms with Gasteiger partial charge in [-0.25, -0.2) is 8.78 Å². The molecule has 2 aromatic carbocycles.